The van der Waals surface area contributed by atoms with Crippen LogP contribution in [0.4, 0.5) is 4.39 Å². The van der Waals surface area contributed by atoms with Crippen molar-refractivity contribution in [3.05, 3.63) is 56.4 Å². The molecule has 0 aliphatic heterocycles. The molecule has 1 aromatic heterocycles. The van der Waals surface area contributed by atoms with Crippen LogP contribution in [-0.4, -0.2) is 11.7 Å². The average molecular weight is 329 g/mol. The molecule has 0 aliphatic rings. The van der Waals surface area contributed by atoms with Crippen molar-refractivity contribution in [2.24, 2.45) is 5.92 Å². The first-order valence-electron chi connectivity index (χ1n) is 5.75. The lowest BCUT2D eigenvalue weighted by atomic mass is 9.96. The summed E-state index contributed by atoms with van der Waals surface area (Å²) in [5, 5.41) is 11.5. The fraction of sp³-hybridized carbons (Fsp3) is 0.286. The summed E-state index contributed by atoms with van der Waals surface area (Å²) in [5.41, 5.74) is 0.935. The number of aliphatic hydroxyl groups excluding tert-OH is 1. The molecule has 1 nitrogen and oxygen atoms in total. The van der Waals surface area contributed by atoms with E-state index in [9.17, 15) is 9.50 Å². The van der Waals surface area contributed by atoms with Gasteiger partial charge in [0, 0.05) is 21.3 Å². The molecule has 1 N–H and O–H groups in total. The second-order valence-corrected chi connectivity index (χ2v) is 6.23. The van der Waals surface area contributed by atoms with Gasteiger partial charge in [0.2, 0.25) is 0 Å². The van der Waals surface area contributed by atoms with Crippen LogP contribution < -0.4 is 0 Å². The second-order valence-electron chi connectivity index (χ2n) is 4.32. The van der Waals surface area contributed by atoms with Crippen molar-refractivity contribution >= 4 is 27.3 Å². The molecule has 2 aromatic rings. The minimum Gasteiger partial charge on any atom is -0.396 e. The van der Waals surface area contributed by atoms with Crippen molar-refractivity contribution < 1.29 is 9.50 Å². The van der Waals surface area contributed by atoms with Gasteiger partial charge in [-0.05, 0) is 58.5 Å². The van der Waals surface area contributed by atoms with E-state index in [0.29, 0.717) is 6.42 Å². The summed E-state index contributed by atoms with van der Waals surface area (Å²) in [7, 11) is 0. The summed E-state index contributed by atoms with van der Waals surface area (Å²) in [6.45, 7) is 0.117. The van der Waals surface area contributed by atoms with E-state index in [2.05, 4.69) is 22.0 Å². The third kappa shape index (κ3) is 3.90. The molecule has 0 spiro atoms. The first-order chi connectivity index (χ1) is 8.67. The minimum atomic E-state index is -0.219. The van der Waals surface area contributed by atoms with Gasteiger partial charge in [0.05, 0.1) is 0 Å². The van der Waals surface area contributed by atoms with Crippen LogP contribution in [0.1, 0.15) is 10.4 Å². The van der Waals surface area contributed by atoms with E-state index in [-0.39, 0.29) is 18.3 Å². The Balaban J connectivity index is 2.01. The molecule has 1 aromatic carbocycles. The molecule has 0 fully saturated rings. The molecule has 0 saturated carbocycles. The highest BCUT2D eigenvalue weighted by Gasteiger charge is 2.11. The average Bonchev–Trinajstić information content (AvgIpc) is 2.74. The fourth-order valence-corrected chi connectivity index (χ4v) is 3.51. The zero-order valence-electron chi connectivity index (χ0n) is 9.77. The molecule has 0 aliphatic carbocycles. The van der Waals surface area contributed by atoms with Crippen molar-refractivity contribution in [1.29, 1.82) is 0 Å². The third-order valence-electron chi connectivity index (χ3n) is 2.78. The summed E-state index contributed by atoms with van der Waals surface area (Å²) < 4.78 is 14.2. The van der Waals surface area contributed by atoms with Gasteiger partial charge in [-0.3, -0.25) is 0 Å². The molecule has 1 unspecified atom stereocenters. The summed E-state index contributed by atoms with van der Waals surface area (Å²) in [6.07, 6.45) is 1.52. The maximum absolute atomic E-state index is 13.1. The number of hydrogen-bond donors (Lipinski definition) is 1. The van der Waals surface area contributed by atoms with Gasteiger partial charge < -0.3 is 5.11 Å². The first kappa shape index (κ1) is 13.7. The van der Waals surface area contributed by atoms with E-state index in [1.54, 1.807) is 17.4 Å². The Bertz CT molecular complexity index is 512. The van der Waals surface area contributed by atoms with Crippen molar-refractivity contribution in [3.63, 3.8) is 0 Å². The zero-order valence-corrected chi connectivity index (χ0v) is 12.2. The predicted octanol–water partition coefficient (Wildman–Crippen LogP) is 4.04. The number of aliphatic hydroxyl groups is 1. The van der Waals surface area contributed by atoms with Crippen molar-refractivity contribution in [1.82, 2.24) is 0 Å². The molecule has 1 atom stereocenters. The van der Waals surface area contributed by atoms with Crippen LogP contribution in [0.3, 0.4) is 0 Å². The van der Waals surface area contributed by atoms with Gasteiger partial charge in [0.1, 0.15) is 5.82 Å². The molecule has 0 bridgehead atoms. The van der Waals surface area contributed by atoms with Gasteiger partial charge in [-0.2, -0.15) is 0 Å². The van der Waals surface area contributed by atoms with Crippen molar-refractivity contribution in [2.75, 3.05) is 6.61 Å². The van der Waals surface area contributed by atoms with E-state index < -0.39 is 0 Å². The molecular formula is C14H14BrFOS. The standard InChI is InChI=1S/C14H14BrFOS/c15-12-7-14(18-9-12)6-11(8-17)4-10-2-1-3-13(16)5-10/h1-3,5,7,9,11,17H,4,6,8H2. The van der Waals surface area contributed by atoms with Crippen LogP contribution in [0.2, 0.25) is 0 Å². The second kappa shape index (κ2) is 6.45. The molecule has 2 rings (SSSR count). The lowest BCUT2D eigenvalue weighted by Gasteiger charge is -2.13. The largest absolute Gasteiger partial charge is 0.396 e. The summed E-state index contributed by atoms with van der Waals surface area (Å²) in [5.74, 6) is -0.0830. The van der Waals surface area contributed by atoms with Crippen LogP contribution in [0.25, 0.3) is 0 Å². The Morgan fingerprint density at radius 2 is 2.11 bits per heavy atom. The molecular weight excluding hydrogens is 315 g/mol. The van der Waals surface area contributed by atoms with Gasteiger partial charge in [-0.15, -0.1) is 11.3 Å². The fourth-order valence-electron chi connectivity index (χ4n) is 1.94. The molecule has 1 heterocycles. The van der Waals surface area contributed by atoms with Crippen LogP contribution >= 0.6 is 27.3 Å². The topological polar surface area (TPSA) is 20.2 Å². The van der Waals surface area contributed by atoms with E-state index in [1.807, 2.05) is 11.4 Å². The minimum absolute atomic E-state index is 0.117. The maximum Gasteiger partial charge on any atom is 0.123 e. The molecule has 18 heavy (non-hydrogen) atoms. The van der Waals surface area contributed by atoms with Crippen LogP contribution in [0.15, 0.2) is 40.2 Å². The monoisotopic (exact) mass is 328 g/mol. The Kier molecular flexibility index (Phi) is 4.92. The van der Waals surface area contributed by atoms with Crippen LogP contribution in [0, 0.1) is 11.7 Å². The van der Waals surface area contributed by atoms with Gasteiger partial charge in [-0.25, -0.2) is 4.39 Å². The highest BCUT2D eigenvalue weighted by Crippen LogP contribution is 2.23. The van der Waals surface area contributed by atoms with Crippen molar-refractivity contribution in [3.8, 4) is 0 Å². The molecule has 0 saturated heterocycles. The highest BCUT2D eigenvalue weighted by atomic mass is 79.9. The lowest BCUT2D eigenvalue weighted by molar-refractivity contribution is 0.225. The summed E-state index contributed by atoms with van der Waals surface area (Å²) in [4.78, 5) is 1.23. The Morgan fingerprint density at radius 1 is 1.28 bits per heavy atom. The van der Waals surface area contributed by atoms with Crippen molar-refractivity contribution in [2.45, 2.75) is 12.8 Å². The number of hydrogen-bond acceptors (Lipinski definition) is 2. The third-order valence-corrected chi connectivity index (χ3v) is 4.50. The van der Waals surface area contributed by atoms with Crippen LogP contribution in [-0.2, 0) is 12.8 Å². The highest BCUT2D eigenvalue weighted by molar-refractivity contribution is 9.10. The molecule has 0 radical (unpaired) electrons. The maximum atomic E-state index is 13.1. The summed E-state index contributed by atoms with van der Waals surface area (Å²) >= 11 is 5.09. The predicted molar refractivity (Wildman–Crippen MR) is 76.4 cm³/mol. The summed E-state index contributed by atoms with van der Waals surface area (Å²) in [6, 6.07) is 8.65. The van der Waals surface area contributed by atoms with Gasteiger partial charge in [-0.1, -0.05) is 12.1 Å². The van der Waals surface area contributed by atoms with Gasteiger partial charge in [0.25, 0.3) is 0 Å². The normalized spacial score (nSPS) is 12.6. The number of rotatable bonds is 5. The number of benzene rings is 1. The van der Waals surface area contributed by atoms with E-state index in [0.717, 1.165) is 16.5 Å². The smallest absolute Gasteiger partial charge is 0.123 e. The SMILES string of the molecule is OCC(Cc1cccc(F)c1)Cc1cc(Br)cs1. The number of thiophene rings is 1. The zero-order chi connectivity index (χ0) is 13.0. The molecule has 96 valence electrons. The molecule has 4 heteroatoms. The Hall–Kier alpha value is -0.710. The Labute approximate surface area is 118 Å². The lowest BCUT2D eigenvalue weighted by Crippen LogP contribution is -2.12. The first-order valence-corrected chi connectivity index (χ1v) is 7.43. The van der Waals surface area contributed by atoms with Gasteiger partial charge >= 0.3 is 0 Å². The quantitative estimate of drug-likeness (QED) is 0.878. The van der Waals surface area contributed by atoms with E-state index in [4.69, 9.17) is 0 Å². The molecule has 0 amide bonds. The number of halogens is 2. The Morgan fingerprint density at radius 3 is 2.72 bits per heavy atom. The van der Waals surface area contributed by atoms with E-state index in [1.165, 1.54) is 17.0 Å². The van der Waals surface area contributed by atoms with Crippen LogP contribution in [0.5, 0.6) is 0 Å². The van der Waals surface area contributed by atoms with Gasteiger partial charge in [0.15, 0.2) is 0 Å². The van der Waals surface area contributed by atoms with E-state index >= 15 is 0 Å².